The maximum atomic E-state index is 12.6. The van der Waals surface area contributed by atoms with E-state index in [4.69, 9.17) is 0 Å². The molecule has 1 heterocycles. The molecule has 0 bridgehead atoms. The minimum atomic E-state index is -0.500. The van der Waals surface area contributed by atoms with Gasteiger partial charge < -0.3 is 5.32 Å². The predicted octanol–water partition coefficient (Wildman–Crippen LogP) is 4.43. The number of amidine groups is 1. The second kappa shape index (κ2) is 8.51. The molecular weight excluding hydrogens is 414 g/mol. The van der Waals surface area contributed by atoms with Crippen molar-refractivity contribution in [1.82, 2.24) is 4.90 Å². The fourth-order valence-corrected chi connectivity index (χ4v) is 3.95. The van der Waals surface area contributed by atoms with Crippen molar-refractivity contribution in [1.29, 1.82) is 0 Å². The molecule has 5 nitrogen and oxygen atoms in total. The molecule has 2 aromatic rings. The second-order valence-corrected chi connectivity index (χ2v) is 7.76. The Labute approximate surface area is 165 Å². The molecule has 3 rings (SSSR count). The monoisotopic (exact) mass is 431 g/mol. The smallest absolute Gasteiger partial charge is 0.238 e. The van der Waals surface area contributed by atoms with Crippen LogP contribution in [0.5, 0.6) is 0 Å². The van der Waals surface area contributed by atoms with Gasteiger partial charge >= 0.3 is 0 Å². The standard InChI is InChI=1S/C19H18BrN3O2S/c1-2-23-17(24)12-16(18(25)21-14-6-4-3-5-7-14)26-19(23)22-15-10-8-13(20)9-11-15/h3-11,16H,2,12H2,1H3,(H,21,25). The Morgan fingerprint density at radius 3 is 2.58 bits per heavy atom. The molecule has 0 aliphatic carbocycles. The fraction of sp³-hybridized carbons (Fsp3) is 0.211. The summed E-state index contributed by atoms with van der Waals surface area (Å²) in [4.78, 5) is 31.3. The molecule has 1 aliphatic heterocycles. The number of rotatable bonds is 4. The molecular formula is C19H18BrN3O2S. The average molecular weight is 432 g/mol. The number of amides is 2. The highest BCUT2D eigenvalue weighted by molar-refractivity contribution is 9.10. The molecule has 2 aromatic carbocycles. The first-order chi connectivity index (χ1) is 12.6. The zero-order chi connectivity index (χ0) is 18.5. The predicted molar refractivity (Wildman–Crippen MR) is 110 cm³/mol. The van der Waals surface area contributed by atoms with E-state index in [9.17, 15) is 9.59 Å². The van der Waals surface area contributed by atoms with Crippen LogP contribution in [0.2, 0.25) is 0 Å². The number of carbonyl (C=O) groups is 2. The van der Waals surface area contributed by atoms with Crippen LogP contribution < -0.4 is 5.32 Å². The van der Waals surface area contributed by atoms with Crippen LogP contribution in [0.15, 0.2) is 64.1 Å². The van der Waals surface area contributed by atoms with Gasteiger partial charge in [-0.05, 0) is 43.3 Å². The van der Waals surface area contributed by atoms with E-state index in [1.54, 1.807) is 4.90 Å². The van der Waals surface area contributed by atoms with Gasteiger partial charge in [0.25, 0.3) is 0 Å². The Kier molecular flexibility index (Phi) is 6.11. The van der Waals surface area contributed by atoms with Gasteiger partial charge in [-0.15, -0.1) is 0 Å². The quantitative estimate of drug-likeness (QED) is 0.778. The lowest BCUT2D eigenvalue weighted by atomic mass is 10.2. The molecule has 1 aliphatic rings. The topological polar surface area (TPSA) is 61.8 Å². The third-order valence-electron chi connectivity index (χ3n) is 3.84. The Morgan fingerprint density at radius 1 is 1.23 bits per heavy atom. The minimum absolute atomic E-state index is 0.0877. The first-order valence-corrected chi connectivity index (χ1v) is 9.91. The third-order valence-corrected chi connectivity index (χ3v) is 5.56. The lowest BCUT2D eigenvalue weighted by Gasteiger charge is -2.30. The number of nitrogens with one attached hydrogen (secondary N) is 1. The lowest BCUT2D eigenvalue weighted by Crippen LogP contribution is -2.45. The van der Waals surface area contributed by atoms with Crippen LogP contribution in [0, 0.1) is 0 Å². The number of carbonyl (C=O) groups excluding carboxylic acids is 2. The summed E-state index contributed by atoms with van der Waals surface area (Å²) in [6, 6.07) is 16.8. The maximum absolute atomic E-state index is 12.6. The SMILES string of the molecule is CCN1C(=O)CC(C(=O)Nc2ccccc2)SC1=Nc1ccc(Br)cc1. The highest BCUT2D eigenvalue weighted by Gasteiger charge is 2.35. The van der Waals surface area contributed by atoms with E-state index >= 15 is 0 Å². The van der Waals surface area contributed by atoms with Crippen LogP contribution in [0.1, 0.15) is 13.3 Å². The van der Waals surface area contributed by atoms with Crippen LogP contribution in [0.3, 0.4) is 0 Å². The molecule has 134 valence electrons. The molecule has 0 saturated carbocycles. The van der Waals surface area contributed by atoms with Crippen LogP contribution in [-0.4, -0.2) is 33.7 Å². The zero-order valence-electron chi connectivity index (χ0n) is 14.2. The summed E-state index contributed by atoms with van der Waals surface area (Å²) in [5.74, 6) is -0.274. The normalized spacial score (nSPS) is 18.8. The van der Waals surface area contributed by atoms with Gasteiger partial charge in [-0.2, -0.15) is 0 Å². The Hall–Kier alpha value is -2.12. The van der Waals surface area contributed by atoms with E-state index in [-0.39, 0.29) is 18.2 Å². The Balaban J connectivity index is 1.80. The largest absolute Gasteiger partial charge is 0.325 e. The van der Waals surface area contributed by atoms with E-state index in [1.807, 2.05) is 61.5 Å². The highest BCUT2D eigenvalue weighted by Crippen LogP contribution is 2.30. The molecule has 0 aromatic heterocycles. The number of hydrogen-bond acceptors (Lipinski definition) is 4. The van der Waals surface area contributed by atoms with E-state index in [0.717, 1.165) is 15.8 Å². The number of nitrogens with zero attached hydrogens (tertiary/aromatic N) is 2. The van der Waals surface area contributed by atoms with Gasteiger partial charge in [-0.1, -0.05) is 45.9 Å². The molecule has 26 heavy (non-hydrogen) atoms. The number of thioether (sulfide) groups is 1. The number of aliphatic imine (C=N–C) groups is 1. The summed E-state index contributed by atoms with van der Waals surface area (Å²) in [6.45, 7) is 2.42. The van der Waals surface area contributed by atoms with Crippen molar-refractivity contribution in [3.05, 3.63) is 59.1 Å². The van der Waals surface area contributed by atoms with E-state index in [0.29, 0.717) is 11.7 Å². The average Bonchev–Trinajstić information content (AvgIpc) is 2.64. The van der Waals surface area contributed by atoms with Gasteiger partial charge in [0.1, 0.15) is 5.25 Å². The van der Waals surface area contributed by atoms with E-state index in [2.05, 4.69) is 26.2 Å². The van der Waals surface area contributed by atoms with Crippen molar-refractivity contribution in [3.63, 3.8) is 0 Å². The molecule has 7 heteroatoms. The third kappa shape index (κ3) is 4.53. The van der Waals surface area contributed by atoms with Gasteiger partial charge in [-0.25, -0.2) is 4.99 Å². The van der Waals surface area contributed by atoms with E-state index < -0.39 is 5.25 Å². The van der Waals surface area contributed by atoms with Gasteiger partial charge in [0.05, 0.1) is 5.69 Å². The van der Waals surface area contributed by atoms with Crippen LogP contribution in [0.25, 0.3) is 0 Å². The van der Waals surface area contributed by atoms with Gasteiger partial charge in [0.15, 0.2) is 5.17 Å². The molecule has 1 N–H and O–H groups in total. The molecule has 0 spiro atoms. The lowest BCUT2D eigenvalue weighted by molar-refractivity contribution is -0.129. The van der Waals surface area contributed by atoms with Crippen molar-refractivity contribution in [3.8, 4) is 0 Å². The van der Waals surface area contributed by atoms with Crippen molar-refractivity contribution < 1.29 is 9.59 Å². The van der Waals surface area contributed by atoms with Crippen LogP contribution in [0.4, 0.5) is 11.4 Å². The Morgan fingerprint density at radius 2 is 1.92 bits per heavy atom. The summed E-state index contributed by atoms with van der Waals surface area (Å²) in [5, 5.41) is 2.92. The Bertz CT molecular complexity index is 824. The molecule has 1 unspecified atom stereocenters. The summed E-state index contributed by atoms with van der Waals surface area (Å²) in [6.07, 6.45) is 0.163. The number of benzene rings is 2. The summed E-state index contributed by atoms with van der Waals surface area (Å²) >= 11 is 4.72. The second-order valence-electron chi connectivity index (χ2n) is 5.67. The molecule has 0 radical (unpaired) electrons. The van der Waals surface area contributed by atoms with Crippen molar-refractivity contribution in [2.75, 3.05) is 11.9 Å². The van der Waals surface area contributed by atoms with Gasteiger partial charge in [0.2, 0.25) is 11.8 Å². The molecule has 2 amide bonds. The van der Waals surface area contributed by atoms with E-state index in [1.165, 1.54) is 11.8 Å². The number of anilines is 1. The van der Waals surface area contributed by atoms with Gasteiger partial charge in [-0.3, -0.25) is 14.5 Å². The highest BCUT2D eigenvalue weighted by atomic mass is 79.9. The summed E-state index contributed by atoms with van der Waals surface area (Å²) in [5.41, 5.74) is 1.46. The molecule has 1 fully saturated rings. The van der Waals surface area contributed by atoms with Crippen LogP contribution >= 0.6 is 27.7 Å². The summed E-state index contributed by atoms with van der Waals surface area (Å²) in [7, 11) is 0. The first-order valence-electron chi connectivity index (χ1n) is 8.24. The summed E-state index contributed by atoms with van der Waals surface area (Å²) < 4.78 is 0.960. The number of hydrogen-bond donors (Lipinski definition) is 1. The fourth-order valence-electron chi connectivity index (χ4n) is 2.52. The van der Waals surface area contributed by atoms with Crippen molar-refractivity contribution in [2.24, 2.45) is 4.99 Å². The number of para-hydroxylation sites is 1. The zero-order valence-corrected chi connectivity index (χ0v) is 16.6. The first kappa shape index (κ1) is 18.7. The molecule has 1 atom stereocenters. The van der Waals surface area contributed by atoms with Gasteiger partial charge in [0, 0.05) is 23.1 Å². The minimum Gasteiger partial charge on any atom is -0.325 e. The maximum Gasteiger partial charge on any atom is 0.238 e. The molecule has 1 saturated heterocycles. The number of halogens is 1. The van der Waals surface area contributed by atoms with Crippen molar-refractivity contribution in [2.45, 2.75) is 18.6 Å². The van der Waals surface area contributed by atoms with Crippen molar-refractivity contribution >= 4 is 56.0 Å². The van der Waals surface area contributed by atoms with Crippen LogP contribution in [-0.2, 0) is 9.59 Å².